The van der Waals surface area contributed by atoms with E-state index in [1.54, 1.807) is 6.07 Å². The van der Waals surface area contributed by atoms with Crippen LogP contribution < -0.4 is 9.62 Å². The van der Waals surface area contributed by atoms with Gasteiger partial charge in [0.1, 0.15) is 11.3 Å². The number of carbonyl (C=O) groups excluding carboxylic acids is 1. The quantitative estimate of drug-likeness (QED) is 0.443. The first kappa shape index (κ1) is 21.5. The Hall–Kier alpha value is -3.37. The Balaban J connectivity index is 1.37. The van der Waals surface area contributed by atoms with Gasteiger partial charge in [0.25, 0.3) is 15.9 Å². The number of thiazole rings is 1. The number of anilines is 2. The molecule has 6 nitrogen and oxygen atoms in total. The largest absolute Gasteiger partial charge is 0.298 e. The molecule has 1 aliphatic rings. The molecular formula is C23H17F2N3O3S2. The van der Waals surface area contributed by atoms with Crippen molar-refractivity contribution >= 4 is 48.3 Å². The Kier molecular flexibility index (Phi) is 5.34. The van der Waals surface area contributed by atoms with Gasteiger partial charge >= 0.3 is 0 Å². The summed E-state index contributed by atoms with van der Waals surface area (Å²) in [5.74, 6) is -2.08. The molecule has 4 aromatic rings. The number of rotatable bonds is 4. The summed E-state index contributed by atoms with van der Waals surface area (Å²) in [4.78, 5) is 16.7. The predicted octanol–water partition coefficient (Wildman–Crippen LogP) is 4.97. The van der Waals surface area contributed by atoms with Crippen LogP contribution in [0.1, 0.15) is 22.3 Å². The zero-order valence-electron chi connectivity index (χ0n) is 17.1. The summed E-state index contributed by atoms with van der Waals surface area (Å²) in [5, 5.41) is 2.66. The molecule has 0 unspecified atom stereocenters. The van der Waals surface area contributed by atoms with Crippen molar-refractivity contribution in [1.82, 2.24) is 4.98 Å². The molecule has 168 valence electrons. The number of fused-ring (bicyclic) bond motifs is 2. The van der Waals surface area contributed by atoms with Crippen molar-refractivity contribution < 1.29 is 22.0 Å². The highest BCUT2D eigenvalue weighted by molar-refractivity contribution is 7.92. The van der Waals surface area contributed by atoms with Crippen LogP contribution in [0.3, 0.4) is 0 Å². The number of aromatic nitrogens is 1. The van der Waals surface area contributed by atoms with E-state index in [1.165, 1.54) is 28.6 Å². The van der Waals surface area contributed by atoms with Crippen LogP contribution in [-0.4, -0.2) is 25.9 Å². The molecule has 0 fully saturated rings. The van der Waals surface area contributed by atoms with E-state index in [0.717, 1.165) is 41.9 Å². The van der Waals surface area contributed by atoms with Crippen molar-refractivity contribution in [3.63, 3.8) is 0 Å². The molecule has 1 amide bonds. The van der Waals surface area contributed by atoms with Crippen LogP contribution in [0.4, 0.5) is 19.6 Å². The van der Waals surface area contributed by atoms with Crippen molar-refractivity contribution in [2.75, 3.05) is 16.2 Å². The molecule has 0 saturated heterocycles. The SMILES string of the molecule is O=C(Nc1nc2c(F)cc(F)cc2s1)c1ccc(S(=O)(=O)N2CCCc3ccccc32)cc1. The number of aryl methyl sites for hydroxylation is 1. The second-order valence-electron chi connectivity index (χ2n) is 7.54. The van der Waals surface area contributed by atoms with E-state index in [2.05, 4.69) is 10.3 Å². The standard InChI is InChI=1S/C23H17F2N3O3S2/c24-16-12-18(25)21-20(13-16)32-23(26-21)27-22(29)15-7-9-17(10-8-15)33(30,31)28-11-3-5-14-4-1-2-6-19(14)28/h1-2,4,6-10,12-13H,3,5,11H2,(H,26,27,29). The van der Waals surface area contributed by atoms with Crippen LogP contribution >= 0.6 is 11.3 Å². The monoisotopic (exact) mass is 485 g/mol. The summed E-state index contributed by atoms with van der Waals surface area (Å²) in [6, 6.07) is 14.9. The first-order valence-electron chi connectivity index (χ1n) is 10.1. The Bertz CT molecular complexity index is 1480. The van der Waals surface area contributed by atoms with Gasteiger partial charge < -0.3 is 0 Å². The molecule has 1 N–H and O–H groups in total. The fraction of sp³-hybridized carbons (Fsp3) is 0.130. The van der Waals surface area contributed by atoms with Gasteiger partial charge in [0.05, 0.1) is 15.3 Å². The van der Waals surface area contributed by atoms with E-state index in [-0.39, 0.29) is 25.8 Å². The molecular weight excluding hydrogens is 468 g/mol. The smallest absolute Gasteiger partial charge is 0.264 e. The summed E-state index contributed by atoms with van der Waals surface area (Å²) in [6.45, 7) is 0.385. The molecule has 0 atom stereocenters. The summed E-state index contributed by atoms with van der Waals surface area (Å²) in [7, 11) is -3.79. The van der Waals surface area contributed by atoms with E-state index in [1.807, 2.05) is 18.2 Å². The third-order valence-corrected chi connectivity index (χ3v) is 8.15. The van der Waals surface area contributed by atoms with Crippen molar-refractivity contribution in [3.05, 3.63) is 83.4 Å². The third kappa shape index (κ3) is 3.96. The fourth-order valence-electron chi connectivity index (χ4n) is 3.83. The van der Waals surface area contributed by atoms with Crippen LogP contribution in [-0.2, 0) is 16.4 Å². The van der Waals surface area contributed by atoms with E-state index in [4.69, 9.17) is 0 Å². The Labute approximate surface area is 192 Å². The maximum absolute atomic E-state index is 13.9. The maximum Gasteiger partial charge on any atom is 0.264 e. The van der Waals surface area contributed by atoms with E-state index < -0.39 is 27.6 Å². The molecule has 1 aromatic heterocycles. The number of benzene rings is 3. The Morgan fingerprint density at radius 1 is 1.06 bits per heavy atom. The van der Waals surface area contributed by atoms with E-state index in [0.29, 0.717) is 12.2 Å². The topological polar surface area (TPSA) is 79.4 Å². The van der Waals surface area contributed by atoms with Crippen molar-refractivity contribution in [3.8, 4) is 0 Å². The lowest BCUT2D eigenvalue weighted by atomic mass is 10.0. The summed E-state index contributed by atoms with van der Waals surface area (Å²) >= 11 is 0.943. The Morgan fingerprint density at radius 2 is 1.82 bits per heavy atom. The molecule has 33 heavy (non-hydrogen) atoms. The summed E-state index contributed by atoms with van der Waals surface area (Å²) in [6.07, 6.45) is 1.55. The zero-order chi connectivity index (χ0) is 23.2. The summed E-state index contributed by atoms with van der Waals surface area (Å²) in [5.41, 5.74) is 1.83. The molecule has 0 radical (unpaired) electrons. The molecule has 3 aromatic carbocycles. The number of carbonyl (C=O) groups is 1. The van der Waals surface area contributed by atoms with Gasteiger partial charge in [-0.25, -0.2) is 22.2 Å². The molecule has 5 rings (SSSR count). The molecule has 0 aliphatic carbocycles. The molecule has 1 aliphatic heterocycles. The molecule has 0 bridgehead atoms. The van der Waals surface area contributed by atoms with E-state index >= 15 is 0 Å². The summed E-state index contributed by atoms with van der Waals surface area (Å²) < 4.78 is 55.4. The normalized spacial score (nSPS) is 13.7. The van der Waals surface area contributed by atoms with Gasteiger partial charge in [0.15, 0.2) is 10.9 Å². The van der Waals surface area contributed by atoms with Crippen molar-refractivity contribution in [2.45, 2.75) is 17.7 Å². The minimum Gasteiger partial charge on any atom is -0.298 e. The average Bonchev–Trinajstić information content (AvgIpc) is 3.21. The highest BCUT2D eigenvalue weighted by Gasteiger charge is 2.29. The Morgan fingerprint density at radius 3 is 2.61 bits per heavy atom. The third-order valence-electron chi connectivity index (χ3n) is 5.41. The fourth-order valence-corrected chi connectivity index (χ4v) is 6.28. The number of para-hydroxylation sites is 1. The van der Waals surface area contributed by atoms with E-state index in [9.17, 15) is 22.0 Å². The highest BCUT2D eigenvalue weighted by atomic mass is 32.2. The highest BCUT2D eigenvalue weighted by Crippen LogP contribution is 2.32. The van der Waals surface area contributed by atoms with Crippen molar-refractivity contribution in [2.24, 2.45) is 0 Å². The maximum atomic E-state index is 13.9. The second-order valence-corrected chi connectivity index (χ2v) is 10.4. The number of hydrogen-bond acceptors (Lipinski definition) is 5. The predicted molar refractivity (Wildman–Crippen MR) is 123 cm³/mol. The minimum atomic E-state index is -3.79. The van der Waals surface area contributed by atoms with Crippen molar-refractivity contribution in [1.29, 1.82) is 0 Å². The first-order valence-corrected chi connectivity index (χ1v) is 12.4. The molecule has 0 spiro atoms. The minimum absolute atomic E-state index is 0.0278. The molecule has 0 saturated carbocycles. The molecule has 10 heteroatoms. The van der Waals surface area contributed by atoms with Gasteiger partial charge in [-0.2, -0.15) is 0 Å². The van der Waals surface area contributed by atoms with Gasteiger partial charge in [-0.3, -0.25) is 14.4 Å². The van der Waals surface area contributed by atoms with Crippen LogP contribution in [0.5, 0.6) is 0 Å². The van der Waals surface area contributed by atoms with Gasteiger partial charge in [-0.1, -0.05) is 29.5 Å². The van der Waals surface area contributed by atoms with Gasteiger partial charge in [-0.05, 0) is 54.8 Å². The number of sulfonamides is 1. The number of halogens is 2. The van der Waals surface area contributed by atoms with Gasteiger partial charge in [0, 0.05) is 18.2 Å². The number of nitrogens with zero attached hydrogens (tertiary/aromatic N) is 2. The second kappa shape index (κ2) is 8.20. The first-order chi connectivity index (χ1) is 15.8. The lowest BCUT2D eigenvalue weighted by Crippen LogP contribution is -2.35. The zero-order valence-corrected chi connectivity index (χ0v) is 18.7. The van der Waals surface area contributed by atoms with Crippen LogP contribution in [0.25, 0.3) is 10.2 Å². The van der Waals surface area contributed by atoms with Crippen LogP contribution in [0.2, 0.25) is 0 Å². The lowest BCUT2D eigenvalue weighted by Gasteiger charge is -2.30. The number of hydrogen-bond donors (Lipinski definition) is 1. The van der Waals surface area contributed by atoms with Gasteiger partial charge in [0.2, 0.25) is 0 Å². The molecule has 2 heterocycles. The number of nitrogens with one attached hydrogen (secondary N) is 1. The number of amides is 1. The average molecular weight is 486 g/mol. The lowest BCUT2D eigenvalue weighted by molar-refractivity contribution is 0.102. The van der Waals surface area contributed by atoms with Crippen LogP contribution in [0.15, 0.2) is 65.6 Å². The van der Waals surface area contributed by atoms with Crippen LogP contribution in [0, 0.1) is 11.6 Å². The van der Waals surface area contributed by atoms with Gasteiger partial charge in [-0.15, -0.1) is 0 Å².